The number of halogens is 3. The number of nitrogens with one attached hydrogen (secondary N) is 1. The number of nitrogens with two attached hydrogens (primary N) is 1. The van der Waals surface area contributed by atoms with E-state index in [1.54, 1.807) is 0 Å². The summed E-state index contributed by atoms with van der Waals surface area (Å²) in [6.45, 7) is 6.46. The van der Waals surface area contributed by atoms with Gasteiger partial charge in [0.05, 0.1) is 6.54 Å². The molecule has 7 heteroatoms. The quantitative estimate of drug-likeness (QED) is 0.354. The lowest BCUT2D eigenvalue weighted by Crippen LogP contribution is -2.45. The van der Waals surface area contributed by atoms with Gasteiger partial charge < -0.3 is 15.8 Å². The summed E-state index contributed by atoms with van der Waals surface area (Å²) in [5, 5.41) is 3.00. The topological polar surface area (TPSA) is 59.6 Å². The van der Waals surface area contributed by atoms with Gasteiger partial charge in [-0.3, -0.25) is 0 Å². The molecule has 20 heavy (non-hydrogen) atoms. The summed E-state index contributed by atoms with van der Waals surface area (Å²) < 4.78 is 30.8. The molecule has 0 aliphatic heterocycles. The molecule has 0 spiro atoms. The summed E-state index contributed by atoms with van der Waals surface area (Å²) in [4.78, 5) is 4.06. The van der Waals surface area contributed by atoms with Crippen LogP contribution in [0.15, 0.2) is 23.2 Å². The lowest BCUT2D eigenvalue weighted by molar-refractivity contribution is 0.325. The molecule has 0 saturated heterocycles. The van der Waals surface area contributed by atoms with Gasteiger partial charge in [0.2, 0.25) is 0 Å². The molecule has 114 valence electrons. The largest absolute Gasteiger partial charge is 0.492 e. The smallest absolute Gasteiger partial charge is 0.189 e. The number of ether oxygens (including phenoxy) is 1. The van der Waals surface area contributed by atoms with Crippen molar-refractivity contribution in [1.29, 1.82) is 0 Å². The second kappa shape index (κ2) is 8.23. The minimum Gasteiger partial charge on any atom is -0.492 e. The van der Waals surface area contributed by atoms with Crippen LogP contribution >= 0.6 is 24.0 Å². The Balaban J connectivity index is 0.00000361. The second-order valence-electron chi connectivity index (χ2n) is 5.07. The molecule has 1 aromatic carbocycles. The van der Waals surface area contributed by atoms with Crippen molar-refractivity contribution in [1.82, 2.24) is 5.32 Å². The van der Waals surface area contributed by atoms with E-state index in [1.165, 1.54) is 6.07 Å². The average Bonchev–Trinajstić information content (AvgIpc) is 2.27. The number of rotatable bonds is 4. The van der Waals surface area contributed by atoms with E-state index < -0.39 is 11.6 Å². The maximum atomic E-state index is 12.9. The summed E-state index contributed by atoms with van der Waals surface area (Å²) in [6, 6.07) is 3.37. The van der Waals surface area contributed by atoms with E-state index in [1.807, 2.05) is 20.8 Å². The first-order valence-electron chi connectivity index (χ1n) is 5.94. The fourth-order valence-corrected chi connectivity index (χ4v) is 1.32. The normalized spacial score (nSPS) is 11.8. The van der Waals surface area contributed by atoms with Crippen molar-refractivity contribution in [3.63, 3.8) is 0 Å². The Hall–Kier alpha value is -1.12. The lowest BCUT2D eigenvalue weighted by atomic mass is 10.1. The number of guanidine groups is 1. The fourth-order valence-electron chi connectivity index (χ4n) is 1.32. The average molecular weight is 399 g/mol. The molecule has 0 bridgehead atoms. The molecule has 0 saturated carbocycles. The minimum atomic E-state index is -0.935. The highest BCUT2D eigenvalue weighted by Crippen LogP contribution is 2.15. The molecule has 0 fully saturated rings. The van der Waals surface area contributed by atoms with Crippen molar-refractivity contribution < 1.29 is 13.5 Å². The highest BCUT2D eigenvalue weighted by Gasteiger charge is 2.09. The Bertz CT molecular complexity index is 461. The van der Waals surface area contributed by atoms with Gasteiger partial charge in [-0.25, -0.2) is 13.8 Å². The molecule has 0 amide bonds. The van der Waals surface area contributed by atoms with Gasteiger partial charge >= 0.3 is 0 Å². The van der Waals surface area contributed by atoms with Crippen molar-refractivity contribution in [2.24, 2.45) is 10.7 Å². The highest BCUT2D eigenvalue weighted by atomic mass is 127. The maximum absolute atomic E-state index is 12.9. The molecule has 0 aromatic heterocycles. The number of hydrogen-bond acceptors (Lipinski definition) is 2. The molecule has 1 aromatic rings. The monoisotopic (exact) mass is 399 g/mol. The lowest BCUT2D eigenvalue weighted by Gasteiger charge is -2.20. The summed E-state index contributed by atoms with van der Waals surface area (Å²) in [6.07, 6.45) is 0. The maximum Gasteiger partial charge on any atom is 0.189 e. The van der Waals surface area contributed by atoms with Gasteiger partial charge in [-0.2, -0.15) is 0 Å². The Kier molecular flexibility index (Phi) is 7.77. The van der Waals surface area contributed by atoms with Gasteiger partial charge in [0.15, 0.2) is 17.6 Å². The van der Waals surface area contributed by atoms with Crippen LogP contribution in [-0.2, 0) is 0 Å². The van der Waals surface area contributed by atoms with Crippen LogP contribution in [0.3, 0.4) is 0 Å². The van der Waals surface area contributed by atoms with Crippen molar-refractivity contribution in [2.75, 3.05) is 13.2 Å². The predicted molar refractivity (Wildman–Crippen MR) is 86.6 cm³/mol. The van der Waals surface area contributed by atoms with E-state index in [4.69, 9.17) is 10.5 Å². The summed E-state index contributed by atoms with van der Waals surface area (Å²) in [5.41, 5.74) is 5.50. The summed E-state index contributed by atoms with van der Waals surface area (Å²) >= 11 is 0. The molecule has 1 rings (SSSR count). The molecular weight excluding hydrogens is 379 g/mol. The fraction of sp³-hybridized carbons (Fsp3) is 0.462. The number of nitrogens with zero attached hydrogens (tertiary/aromatic N) is 1. The first-order chi connectivity index (χ1) is 8.78. The van der Waals surface area contributed by atoms with Gasteiger partial charge in [0, 0.05) is 11.6 Å². The number of benzene rings is 1. The Labute approximate surface area is 134 Å². The standard InChI is InChI=1S/C13H19F2N3O.HI/c1-13(2,3)18-12(16)17-6-7-19-9-4-5-10(14)11(15)8-9;/h4-5,8H,6-7H2,1-3H3,(H3,16,17,18);1H. The molecule has 3 N–H and O–H groups in total. The SMILES string of the molecule is CC(C)(C)NC(N)=NCCOc1ccc(F)c(F)c1.I. The summed E-state index contributed by atoms with van der Waals surface area (Å²) in [7, 11) is 0. The van der Waals surface area contributed by atoms with Gasteiger partial charge in [-0.15, -0.1) is 24.0 Å². The zero-order valence-corrected chi connectivity index (χ0v) is 14.1. The van der Waals surface area contributed by atoms with Crippen LogP contribution in [-0.4, -0.2) is 24.7 Å². The molecule has 0 aliphatic carbocycles. The number of hydrogen-bond donors (Lipinski definition) is 2. The first-order valence-corrected chi connectivity index (χ1v) is 5.94. The van der Waals surface area contributed by atoms with E-state index in [0.717, 1.165) is 12.1 Å². The Morgan fingerprint density at radius 1 is 1.30 bits per heavy atom. The van der Waals surface area contributed by atoms with Gasteiger partial charge in [0.1, 0.15) is 12.4 Å². The van der Waals surface area contributed by atoms with Crippen LogP contribution in [0, 0.1) is 11.6 Å². The Morgan fingerprint density at radius 3 is 2.50 bits per heavy atom. The molecule has 0 heterocycles. The molecule has 0 aliphatic rings. The van der Waals surface area contributed by atoms with E-state index >= 15 is 0 Å². The Morgan fingerprint density at radius 2 is 1.95 bits per heavy atom. The van der Waals surface area contributed by atoms with Gasteiger partial charge in [-0.1, -0.05) is 0 Å². The van der Waals surface area contributed by atoms with Crippen molar-refractivity contribution >= 4 is 29.9 Å². The van der Waals surface area contributed by atoms with E-state index in [-0.39, 0.29) is 41.9 Å². The van der Waals surface area contributed by atoms with Crippen LogP contribution in [0.25, 0.3) is 0 Å². The second-order valence-corrected chi connectivity index (χ2v) is 5.07. The molecule has 0 unspecified atom stereocenters. The third-order valence-corrected chi connectivity index (χ3v) is 2.04. The first kappa shape index (κ1) is 18.9. The third kappa shape index (κ3) is 7.46. The minimum absolute atomic E-state index is 0. The van der Waals surface area contributed by atoms with E-state index in [2.05, 4.69) is 10.3 Å². The van der Waals surface area contributed by atoms with Crippen LogP contribution in [0.4, 0.5) is 8.78 Å². The molecule has 0 atom stereocenters. The molecular formula is C13H20F2IN3O. The van der Waals surface area contributed by atoms with Gasteiger partial charge in [0.25, 0.3) is 0 Å². The zero-order chi connectivity index (χ0) is 14.5. The van der Waals surface area contributed by atoms with Crippen LogP contribution < -0.4 is 15.8 Å². The summed E-state index contributed by atoms with van der Waals surface area (Å²) in [5.74, 6) is -1.25. The van der Waals surface area contributed by atoms with E-state index in [0.29, 0.717) is 12.5 Å². The van der Waals surface area contributed by atoms with Crippen LogP contribution in [0.5, 0.6) is 5.75 Å². The van der Waals surface area contributed by atoms with Crippen molar-refractivity contribution in [3.05, 3.63) is 29.8 Å². The van der Waals surface area contributed by atoms with Crippen LogP contribution in [0.2, 0.25) is 0 Å². The highest BCUT2D eigenvalue weighted by molar-refractivity contribution is 14.0. The number of aliphatic imine (C=N–C) groups is 1. The zero-order valence-electron chi connectivity index (χ0n) is 11.7. The van der Waals surface area contributed by atoms with Gasteiger partial charge in [-0.05, 0) is 32.9 Å². The van der Waals surface area contributed by atoms with E-state index in [9.17, 15) is 8.78 Å². The van der Waals surface area contributed by atoms with Crippen molar-refractivity contribution in [3.8, 4) is 5.75 Å². The molecule has 4 nitrogen and oxygen atoms in total. The predicted octanol–water partition coefficient (Wildman–Crippen LogP) is 2.66. The van der Waals surface area contributed by atoms with Crippen molar-refractivity contribution in [2.45, 2.75) is 26.3 Å². The third-order valence-electron chi connectivity index (χ3n) is 2.04. The molecule has 0 radical (unpaired) electrons. The van der Waals surface area contributed by atoms with Crippen LogP contribution in [0.1, 0.15) is 20.8 Å².